The van der Waals surface area contributed by atoms with Crippen molar-refractivity contribution in [2.45, 2.75) is 26.1 Å². The first-order valence-corrected chi connectivity index (χ1v) is 8.22. The van der Waals surface area contributed by atoms with Crippen molar-refractivity contribution in [3.8, 4) is 0 Å². The van der Waals surface area contributed by atoms with Crippen molar-refractivity contribution >= 4 is 17.7 Å². The molecule has 0 aliphatic heterocycles. The van der Waals surface area contributed by atoms with Gasteiger partial charge in [0.25, 0.3) is 5.91 Å². The number of benzene rings is 1. The molecule has 0 spiro atoms. The Labute approximate surface area is 130 Å². The fraction of sp³-hybridized carbons (Fsp3) is 0.294. The van der Waals surface area contributed by atoms with E-state index in [1.54, 1.807) is 0 Å². The predicted molar refractivity (Wildman–Crippen MR) is 88.4 cm³/mol. The summed E-state index contributed by atoms with van der Waals surface area (Å²) >= 11 is 1.88. The van der Waals surface area contributed by atoms with Gasteiger partial charge in [-0.15, -0.1) is 0 Å². The summed E-state index contributed by atoms with van der Waals surface area (Å²) in [5.74, 6) is 2.03. The minimum Gasteiger partial charge on any atom is -0.346 e. The molecule has 0 saturated carbocycles. The first kappa shape index (κ1) is 15.6. The first-order chi connectivity index (χ1) is 10.2. The molecule has 0 fully saturated rings. The van der Waals surface area contributed by atoms with Gasteiger partial charge in [0, 0.05) is 17.0 Å². The van der Waals surface area contributed by atoms with Crippen LogP contribution in [0.2, 0.25) is 0 Å². The molecule has 0 radical (unpaired) electrons. The van der Waals surface area contributed by atoms with Gasteiger partial charge in [0.1, 0.15) is 0 Å². The largest absolute Gasteiger partial charge is 0.346 e. The normalized spacial score (nSPS) is 10.4. The van der Waals surface area contributed by atoms with E-state index in [1.165, 1.54) is 5.56 Å². The average molecular weight is 300 g/mol. The molecule has 1 amide bonds. The van der Waals surface area contributed by atoms with E-state index >= 15 is 0 Å². The topological polar surface area (TPSA) is 42.0 Å². The summed E-state index contributed by atoms with van der Waals surface area (Å²) in [6.07, 6.45) is 0. The highest BCUT2D eigenvalue weighted by Gasteiger charge is 2.05. The van der Waals surface area contributed by atoms with Gasteiger partial charge in [0.2, 0.25) is 0 Å². The molecule has 21 heavy (non-hydrogen) atoms. The lowest BCUT2D eigenvalue weighted by Gasteiger charge is -2.06. The van der Waals surface area contributed by atoms with Crippen molar-refractivity contribution in [1.82, 2.24) is 10.3 Å². The highest BCUT2D eigenvalue weighted by molar-refractivity contribution is 7.98. The molecule has 4 heteroatoms. The molecule has 0 aliphatic rings. The minimum absolute atomic E-state index is 0.0620. The van der Waals surface area contributed by atoms with Crippen molar-refractivity contribution in [3.05, 3.63) is 65.0 Å². The zero-order valence-electron chi connectivity index (χ0n) is 12.4. The van der Waals surface area contributed by atoms with Crippen molar-refractivity contribution < 1.29 is 4.79 Å². The fourth-order valence-corrected chi connectivity index (χ4v) is 2.58. The summed E-state index contributed by atoms with van der Waals surface area (Å²) in [4.78, 5) is 16.5. The number of thioether (sulfide) groups is 1. The summed E-state index contributed by atoms with van der Waals surface area (Å²) in [6.45, 7) is 4.54. The molecule has 3 nitrogen and oxygen atoms in total. The number of nitrogens with one attached hydrogen (secondary N) is 1. The molecule has 0 bridgehead atoms. The van der Waals surface area contributed by atoms with Crippen LogP contribution in [0, 0.1) is 6.92 Å². The second-order valence-corrected chi connectivity index (χ2v) is 6.06. The van der Waals surface area contributed by atoms with E-state index in [9.17, 15) is 4.79 Å². The van der Waals surface area contributed by atoms with Gasteiger partial charge in [-0.3, -0.25) is 9.78 Å². The standard InChI is InChI=1S/C17H20N2OS/c1-3-21-12-14-7-9-15(10-8-14)17(20)18-11-16-6-4-5-13(2)19-16/h4-10H,3,11-12H2,1-2H3,(H,18,20). The average Bonchev–Trinajstić information content (AvgIpc) is 2.51. The van der Waals surface area contributed by atoms with Crippen LogP contribution in [0.25, 0.3) is 0 Å². The molecule has 1 aromatic carbocycles. The Kier molecular flexibility index (Phi) is 5.81. The fourth-order valence-electron chi connectivity index (χ4n) is 1.94. The summed E-state index contributed by atoms with van der Waals surface area (Å²) in [5, 5.41) is 2.90. The molecule has 1 N–H and O–H groups in total. The predicted octanol–water partition coefficient (Wildman–Crippen LogP) is 3.57. The second kappa shape index (κ2) is 7.84. The SMILES string of the molecule is CCSCc1ccc(C(=O)NCc2cccc(C)n2)cc1. The van der Waals surface area contributed by atoms with Crippen LogP contribution >= 0.6 is 11.8 Å². The second-order valence-electron chi connectivity index (χ2n) is 4.79. The lowest BCUT2D eigenvalue weighted by molar-refractivity contribution is 0.0950. The number of rotatable bonds is 6. The monoisotopic (exact) mass is 300 g/mol. The Balaban J connectivity index is 1.91. The summed E-state index contributed by atoms with van der Waals surface area (Å²) in [6, 6.07) is 13.6. The summed E-state index contributed by atoms with van der Waals surface area (Å²) in [5.41, 5.74) is 3.77. The van der Waals surface area contributed by atoms with Gasteiger partial charge in [0.15, 0.2) is 0 Å². The molecule has 2 rings (SSSR count). The van der Waals surface area contributed by atoms with Gasteiger partial charge in [-0.05, 0) is 42.5 Å². The number of nitrogens with zero attached hydrogens (tertiary/aromatic N) is 1. The molecule has 0 aliphatic carbocycles. The molecular weight excluding hydrogens is 280 g/mol. The highest BCUT2D eigenvalue weighted by Crippen LogP contribution is 2.12. The number of amides is 1. The lowest BCUT2D eigenvalue weighted by Crippen LogP contribution is -2.23. The third kappa shape index (κ3) is 4.90. The Bertz CT molecular complexity index is 596. The van der Waals surface area contributed by atoms with Crippen molar-refractivity contribution in [3.63, 3.8) is 0 Å². The third-order valence-corrected chi connectivity index (χ3v) is 4.01. The Morgan fingerprint density at radius 3 is 2.62 bits per heavy atom. The molecule has 0 saturated heterocycles. The molecule has 110 valence electrons. The Hall–Kier alpha value is -1.81. The minimum atomic E-state index is -0.0620. The van der Waals surface area contributed by atoms with Gasteiger partial charge >= 0.3 is 0 Å². The van der Waals surface area contributed by atoms with Gasteiger partial charge in [-0.1, -0.05) is 25.1 Å². The quantitative estimate of drug-likeness (QED) is 0.886. The number of hydrogen-bond donors (Lipinski definition) is 1. The number of pyridine rings is 1. The van der Waals surface area contributed by atoms with E-state index in [0.717, 1.165) is 22.9 Å². The van der Waals surface area contributed by atoms with Gasteiger partial charge < -0.3 is 5.32 Å². The van der Waals surface area contributed by atoms with Crippen LogP contribution in [-0.2, 0) is 12.3 Å². The number of aryl methyl sites for hydroxylation is 1. The van der Waals surface area contributed by atoms with Crippen LogP contribution < -0.4 is 5.32 Å². The maximum atomic E-state index is 12.1. The molecule has 1 aromatic heterocycles. The smallest absolute Gasteiger partial charge is 0.251 e. The van der Waals surface area contributed by atoms with E-state index in [0.29, 0.717) is 12.1 Å². The first-order valence-electron chi connectivity index (χ1n) is 7.06. The number of hydrogen-bond acceptors (Lipinski definition) is 3. The van der Waals surface area contributed by atoms with E-state index in [4.69, 9.17) is 0 Å². The van der Waals surface area contributed by atoms with E-state index in [2.05, 4.69) is 17.2 Å². The number of carbonyl (C=O) groups excluding carboxylic acids is 1. The maximum Gasteiger partial charge on any atom is 0.251 e. The molecule has 2 aromatic rings. The van der Waals surface area contributed by atoms with Crippen LogP contribution in [0.15, 0.2) is 42.5 Å². The van der Waals surface area contributed by atoms with Crippen LogP contribution in [-0.4, -0.2) is 16.6 Å². The van der Waals surface area contributed by atoms with Crippen molar-refractivity contribution in [1.29, 1.82) is 0 Å². The number of aromatic nitrogens is 1. The Morgan fingerprint density at radius 2 is 1.95 bits per heavy atom. The Morgan fingerprint density at radius 1 is 1.19 bits per heavy atom. The van der Waals surface area contributed by atoms with Crippen LogP contribution in [0.5, 0.6) is 0 Å². The van der Waals surface area contributed by atoms with Gasteiger partial charge in [-0.25, -0.2) is 0 Å². The van der Waals surface area contributed by atoms with Gasteiger partial charge in [0.05, 0.1) is 12.2 Å². The molecule has 0 unspecified atom stereocenters. The van der Waals surface area contributed by atoms with E-state index in [1.807, 2.05) is 61.2 Å². The van der Waals surface area contributed by atoms with Crippen molar-refractivity contribution in [2.24, 2.45) is 0 Å². The highest BCUT2D eigenvalue weighted by atomic mass is 32.2. The lowest BCUT2D eigenvalue weighted by atomic mass is 10.1. The van der Waals surface area contributed by atoms with Crippen LogP contribution in [0.3, 0.4) is 0 Å². The zero-order valence-corrected chi connectivity index (χ0v) is 13.2. The molecule has 0 atom stereocenters. The van der Waals surface area contributed by atoms with E-state index in [-0.39, 0.29) is 5.91 Å². The van der Waals surface area contributed by atoms with Gasteiger partial charge in [-0.2, -0.15) is 11.8 Å². The number of carbonyl (C=O) groups is 1. The maximum absolute atomic E-state index is 12.1. The van der Waals surface area contributed by atoms with Crippen LogP contribution in [0.4, 0.5) is 0 Å². The van der Waals surface area contributed by atoms with Crippen LogP contribution in [0.1, 0.15) is 34.2 Å². The van der Waals surface area contributed by atoms with Crippen molar-refractivity contribution in [2.75, 3.05) is 5.75 Å². The molecule has 1 heterocycles. The summed E-state index contributed by atoms with van der Waals surface area (Å²) < 4.78 is 0. The van der Waals surface area contributed by atoms with E-state index < -0.39 is 0 Å². The summed E-state index contributed by atoms with van der Waals surface area (Å²) in [7, 11) is 0. The zero-order chi connectivity index (χ0) is 15.1. The molecular formula is C17H20N2OS. The third-order valence-electron chi connectivity index (χ3n) is 3.07.